The minimum atomic E-state index is -0.393. The summed E-state index contributed by atoms with van der Waals surface area (Å²) in [7, 11) is 0. The van der Waals surface area contributed by atoms with Crippen molar-refractivity contribution in [2.45, 2.75) is 51.6 Å². The molecule has 146 valence electrons. The lowest BCUT2D eigenvalue weighted by molar-refractivity contribution is -0.125. The van der Waals surface area contributed by atoms with E-state index < -0.39 is 6.04 Å². The Kier molecular flexibility index (Phi) is 5.40. The number of carbonyl (C=O) groups excluding carboxylic acids is 1. The summed E-state index contributed by atoms with van der Waals surface area (Å²) < 4.78 is 1.83. The molecule has 1 aliphatic rings. The summed E-state index contributed by atoms with van der Waals surface area (Å²) in [5.74, 6) is 0.552. The fourth-order valence-corrected chi connectivity index (χ4v) is 4.33. The van der Waals surface area contributed by atoms with Crippen LogP contribution in [0.15, 0.2) is 48.5 Å². The summed E-state index contributed by atoms with van der Waals surface area (Å²) in [6.07, 6.45) is 4.68. The molecule has 0 aliphatic heterocycles. The van der Waals surface area contributed by atoms with Crippen molar-refractivity contribution in [3.8, 4) is 11.3 Å². The predicted molar refractivity (Wildman–Crippen MR) is 114 cm³/mol. The van der Waals surface area contributed by atoms with Crippen LogP contribution in [0.4, 0.5) is 0 Å². The molecule has 2 aromatic carbocycles. The van der Waals surface area contributed by atoms with Crippen LogP contribution in [0.3, 0.4) is 0 Å². The van der Waals surface area contributed by atoms with Gasteiger partial charge in [-0.05, 0) is 43.9 Å². The third-order valence-corrected chi connectivity index (χ3v) is 6.14. The van der Waals surface area contributed by atoms with Gasteiger partial charge in [0.25, 0.3) is 0 Å². The van der Waals surface area contributed by atoms with Crippen LogP contribution in [0.2, 0.25) is 5.02 Å². The Morgan fingerprint density at radius 1 is 1.18 bits per heavy atom. The van der Waals surface area contributed by atoms with E-state index in [0.717, 1.165) is 28.6 Å². The fraction of sp³-hybridized carbons (Fsp3) is 0.391. The second-order valence-electron chi connectivity index (χ2n) is 7.87. The van der Waals surface area contributed by atoms with Gasteiger partial charge in [0.2, 0.25) is 5.91 Å². The average Bonchev–Trinajstić information content (AvgIpc) is 3.08. The first-order valence-electron chi connectivity index (χ1n) is 10.1. The van der Waals surface area contributed by atoms with Gasteiger partial charge in [-0.3, -0.25) is 9.48 Å². The van der Waals surface area contributed by atoms with Gasteiger partial charge in [0.05, 0.1) is 5.52 Å². The molecule has 28 heavy (non-hydrogen) atoms. The molecule has 5 heteroatoms. The number of carbonyl (C=O) groups is 1. The Morgan fingerprint density at radius 3 is 2.68 bits per heavy atom. The number of amides is 1. The summed E-state index contributed by atoms with van der Waals surface area (Å²) >= 11 is 6.26. The Morgan fingerprint density at radius 2 is 1.93 bits per heavy atom. The van der Waals surface area contributed by atoms with E-state index in [9.17, 15) is 4.79 Å². The van der Waals surface area contributed by atoms with E-state index in [-0.39, 0.29) is 11.9 Å². The van der Waals surface area contributed by atoms with Gasteiger partial charge in [-0.1, -0.05) is 61.7 Å². The quantitative estimate of drug-likeness (QED) is 0.623. The zero-order chi connectivity index (χ0) is 19.7. The van der Waals surface area contributed by atoms with E-state index in [0.29, 0.717) is 10.9 Å². The van der Waals surface area contributed by atoms with E-state index in [1.54, 1.807) is 0 Å². The number of fused-ring (bicyclic) bond motifs is 1. The molecular formula is C23H26ClN3O. The monoisotopic (exact) mass is 395 g/mol. The second-order valence-corrected chi connectivity index (χ2v) is 8.31. The highest BCUT2D eigenvalue weighted by atomic mass is 35.5. The highest BCUT2D eigenvalue weighted by Crippen LogP contribution is 2.32. The molecule has 0 saturated heterocycles. The van der Waals surface area contributed by atoms with Gasteiger partial charge in [-0.2, -0.15) is 5.10 Å². The van der Waals surface area contributed by atoms with Crippen LogP contribution in [0.5, 0.6) is 0 Å². The minimum Gasteiger partial charge on any atom is -0.351 e. The maximum absolute atomic E-state index is 13.0. The average molecular weight is 396 g/mol. The zero-order valence-electron chi connectivity index (χ0n) is 16.4. The molecule has 4 nitrogen and oxygen atoms in total. The number of hydrogen-bond donors (Lipinski definition) is 1. The first-order valence-corrected chi connectivity index (χ1v) is 10.5. The van der Waals surface area contributed by atoms with Crippen LogP contribution in [-0.2, 0) is 4.79 Å². The number of aromatic nitrogens is 2. The summed E-state index contributed by atoms with van der Waals surface area (Å²) in [6, 6.07) is 15.6. The molecule has 3 atom stereocenters. The molecule has 3 aromatic rings. The lowest BCUT2D eigenvalue weighted by Crippen LogP contribution is -2.43. The number of hydrogen-bond acceptors (Lipinski definition) is 2. The van der Waals surface area contributed by atoms with Gasteiger partial charge >= 0.3 is 0 Å². The van der Waals surface area contributed by atoms with E-state index in [2.05, 4.69) is 12.2 Å². The van der Waals surface area contributed by atoms with E-state index >= 15 is 0 Å². The summed E-state index contributed by atoms with van der Waals surface area (Å²) in [6.45, 7) is 4.15. The van der Waals surface area contributed by atoms with Crippen molar-refractivity contribution in [2.75, 3.05) is 0 Å². The largest absolute Gasteiger partial charge is 0.351 e. The number of benzene rings is 2. The van der Waals surface area contributed by atoms with Crippen LogP contribution >= 0.6 is 11.6 Å². The van der Waals surface area contributed by atoms with Gasteiger partial charge in [0.15, 0.2) is 0 Å². The standard InChI is InChI=1S/C23H26ClN3O/c1-15-8-6-7-11-20(15)25-23(28)16(2)27-21-13-12-18(24)14-19(21)22(26-27)17-9-4-3-5-10-17/h3-5,9-10,12-16,20H,6-8,11H2,1-2H3,(H,25,28)/t15-,16-,20-/m1/s1. The zero-order valence-corrected chi connectivity index (χ0v) is 17.1. The molecule has 1 N–H and O–H groups in total. The van der Waals surface area contributed by atoms with E-state index in [1.165, 1.54) is 19.3 Å². The number of halogens is 1. The molecular weight excluding hydrogens is 370 g/mol. The minimum absolute atomic E-state index is 0.0257. The maximum Gasteiger partial charge on any atom is 0.244 e. The van der Waals surface area contributed by atoms with Crippen LogP contribution in [-0.4, -0.2) is 21.7 Å². The van der Waals surface area contributed by atoms with Crippen molar-refractivity contribution >= 4 is 28.4 Å². The lowest BCUT2D eigenvalue weighted by Gasteiger charge is -2.30. The van der Waals surface area contributed by atoms with Gasteiger partial charge in [0.1, 0.15) is 11.7 Å². The molecule has 0 radical (unpaired) electrons. The summed E-state index contributed by atoms with van der Waals surface area (Å²) in [4.78, 5) is 13.0. The van der Waals surface area contributed by atoms with E-state index in [4.69, 9.17) is 16.7 Å². The topological polar surface area (TPSA) is 46.9 Å². The van der Waals surface area contributed by atoms with Gasteiger partial charge < -0.3 is 5.32 Å². The van der Waals surface area contributed by atoms with Gasteiger partial charge in [0, 0.05) is 22.0 Å². The van der Waals surface area contributed by atoms with Crippen molar-refractivity contribution in [1.29, 1.82) is 0 Å². The Hall–Kier alpha value is -2.33. The first-order chi connectivity index (χ1) is 13.5. The Labute approximate surface area is 170 Å². The molecule has 4 rings (SSSR count). The molecule has 0 unspecified atom stereocenters. The van der Waals surface area contributed by atoms with Gasteiger partial charge in [-0.25, -0.2) is 0 Å². The van der Waals surface area contributed by atoms with Crippen LogP contribution < -0.4 is 5.32 Å². The highest BCUT2D eigenvalue weighted by Gasteiger charge is 2.27. The smallest absolute Gasteiger partial charge is 0.244 e. The van der Waals surface area contributed by atoms with Crippen molar-refractivity contribution in [1.82, 2.24) is 15.1 Å². The molecule has 1 heterocycles. The van der Waals surface area contributed by atoms with Gasteiger partial charge in [-0.15, -0.1) is 0 Å². The molecule has 1 aromatic heterocycles. The summed E-state index contributed by atoms with van der Waals surface area (Å²) in [5, 5.41) is 9.72. The number of rotatable bonds is 4. The Balaban J connectivity index is 1.69. The molecule has 1 aliphatic carbocycles. The van der Waals surface area contributed by atoms with Crippen molar-refractivity contribution in [2.24, 2.45) is 5.92 Å². The number of nitrogens with zero attached hydrogens (tertiary/aromatic N) is 2. The van der Waals surface area contributed by atoms with E-state index in [1.807, 2.05) is 60.1 Å². The molecule has 1 amide bonds. The molecule has 1 saturated carbocycles. The number of nitrogens with one attached hydrogen (secondary N) is 1. The van der Waals surface area contributed by atoms with Crippen molar-refractivity contribution < 1.29 is 4.79 Å². The first kappa shape index (κ1) is 19.0. The normalized spacial score (nSPS) is 20.8. The highest BCUT2D eigenvalue weighted by molar-refractivity contribution is 6.31. The summed E-state index contributed by atoms with van der Waals surface area (Å²) in [5.41, 5.74) is 2.79. The fourth-order valence-electron chi connectivity index (χ4n) is 4.16. The third-order valence-electron chi connectivity index (χ3n) is 5.90. The van der Waals surface area contributed by atoms with Crippen LogP contribution in [0.1, 0.15) is 45.6 Å². The molecule has 0 bridgehead atoms. The second kappa shape index (κ2) is 7.96. The predicted octanol–water partition coefficient (Wildman–Crippen LogP) is 5.61. The molecule has 1 fully saturated rings. The third kappa shape index (κ3) is 3.66. The van der Waals surface area contributed by atoms with Crippen molar-refractivity contribution in [3.05, 3.63) is 53.6 Å². The molecule has 0 spiro atoms. The Bertz CT molecular complexity index is 982. The van der Waals surface area contributed by atoms with Crippen LogP contribution in [0.25, 0.3) is 22.2 Å². The SMILES string of the molecule is C[C@@H]1CCCC[C@H]1NC(=O)[C@@H](C)n1nc(-c2ccccc2)c2cc(Cl)ccc21. The lowest BCUT2D eigenvalue weighted by atomic mass is 9.86. The maximum atomic E-state index is 13.0. The van der Waals surface area contributed by atoms with Crippen molar-refractivity contribution in [3.63, 3.8) is 0 Å². The van der Waals surface area contributed by atoms with Crippen LogP contribution in [0, 0.1) is 5.92 Å².